The Bertz CT molecular complexity index is 889. The van der Waals surface area contributed by atoms with Crippen LogP contribution in [0, 0.1) is 13.8 Å². The Morgan fingerprint density at radius 3 is 2.74 bits per heavy atom. The molecule has 0 fully saturated rings. The van der Waals surface area contributed by atoms with E-state index < -0.39 is 11.2 Å². The average molecular weight is 343 g/mol. The standard InChI is InChI=1S/C17H16N2O2S2/c1-9-4-5-12(6-10(9)2)13-7-22-15-14(13)16(19-8-18-15)23-11(3)17(20)21/h4-8,11H,1-3H3,(H,20,21)/p-1/t11-/m0/s1. The number of carboxylic acid groups (broad SMARTS) is 1. The Hall–Kier alpha value is -1.92. The fourth-order valence-electron chi connectivity index (χ4n) is 2.27. The monoisotopic (exact) mass is 343 g/mol. The van der Waals surface area contributed by atoms with Crippen LogP contribution in [0.4, 0.5) is 0 Å². The molecule has 6 heteroatoms. The third kappa shape index (κ3) is 3.09. The molecule has 118 valence electrons. The number of nitrogens with zero attached hydrogens (tertiary/aromatic N) is 2. The van der Waals surface area contributed by atoms with Crippen LogP contribution in [0.1, 0.15) is 18.1 Å². The van der Waals surface area contributed by atoms with E-state index in [1.807, 2.05) is 0 Å². The van der Waals surface area contributed by atoms with Crippen LogP contribution in [0.25, 0.3) is 21.3 Å². The molecular formula is C17H15N2O2S2-. The molecule has 0 saturated heterocycles. The molecular weight excluding hydrogens is 328 g/mol. The van der Waals surface area contributed by atoms with Gasteiger partial charge in [0, 0.05) is 16.2 Å². The first-order chi connectivity index (χ1) is 11.0. The van der Waals surface area contributed by atoms with Gasteiger partial charge in [-0.1, -0.05) is 30.0 Å². The van der Waals surface area contributed by atoms with E-state index in [-0.39, 0.29) is 0 Å². The van der Waals surface area contributed by atoms with Crippen molar-refractivity contribution in [3.8, 4) is 11.1 Å². The first-order valence-corrected chi connectivity index (χ1v) is 8.90. The zero-order valence-corrected chi connectivity index (χ0v) is 14.6. The summed E-state index contributed by atoms with van der Waals surface area (Å²) < 4.78 is 0. The first kappa shape index (κ1) is 16.0. The summed E-state index contributed by atoms with van der Waals surface area (Å²) in [6.07, 6.45) is 1.48. The molecule has 0 saturated carbocycles. The second-order valence-corrected chi connectivity index (χ2v) is 7.57. The van der Waals surface area contributed by atoms with E-state index >= 15 is 0 Å². The molecule has 0 amide bonds. The van der Waals surface area contributed by atoms with E-state index in [1.54, 1.807) is 18.3 Å². The SMILES string of the molecule is Cc1ccc(-c2csc3ncnc(S[C@@H](C)C(=O)[O-])c23)cc1C. The van der Waals surface area contributed by atoms with Gasteiger partial charge in [-0.05, 0) is 37.5 Å². The number of thioether (sulfide) groups is 1. The van der Waals surface area contributed by atoms with Crippen LogP contribution in [0.5, 0.6) is 0 Å². The van der Waals surface area contributed by atoms with Gasteiger partial charge in [-0.2, -0.15) is 0 Å². The van der Waals surface area contributed by atoms with E-state index in [2.05, 4.69) is 47.4 Å². The number of hydrogen-bond donors (Lipinski definition) is 0. The number of carboxylic acids is 1. The lowest BCUT2D eigenvalue weighted by atomic mass is 10.0. The zero-order valence-electron chi connectivity index (χ0n) is 13.0. The normalized spacial score (nSPS) is 12.5. The molecule has 0 aliphatic rings. The number of carbonyl (C=O) groups is 1. The molecule has 23 heavy (non-hydrogen) atoms. The highest BCUT2D eigenvalue weighted by atomic mass is 32.2. The molecule has 2 heterocycles. The number of benzene rings is 1. The van der Waals surface area contributed by atoms with Gasteiger partial charge in [-0.25, -0.2) is 9.97 Å². The lowest BCUT2D eigenvalue weighted by molar-refractivity contribution is -0.304. The molecule has 0 N–H and O–H groups in total. The maximum atomic E-state index is 11.0. The third-order valence-corrected chi connectivity index (χ3v) is 5.74. The Labute approximate surface area is 142 Å². The minimum Gasteiger partial charge on any atom is -0.549 e. The predicted molar refractivity (Wildman–Crippen MR) is 92.7 cm³/mol. The van der Waals surface area contributed by atoms with Gasteiger partial charge < -0.3 is 9.90 Å². The fourth-order valence-corrected chi connectivity index (χ4v) is 4.12. The van der Waals surface area contributed by atoms with Crippen LogP contribution < -0.4 is 5.11 Å². The quantitative estimate of drug-likeness (QED) is 0.537. The summed E-state index contributed by atoms with van der Waals surface area (Å²) in [5, 5.41) is 14.0. The van der Waals surface area contributed by atoms with Crippen LogP contribution in [-0.2, 0) is 4.79 Å². The summed E-state index contributed by atoms with van der Waals surface area (Å²) in [4.78, 5) is 20.5. The number of thiophene rings is 1. The van der Waals surface area contributed by atoms with E-state index in [4.69, 9.17) is 0 Å². The average Bonchev–Trinajstić information content (AvgIpc) is 2.95. The van der Waals surface area contributed by atoms with Crippen molar-refractivity contribution in [2.45, 2.75) is 31.0 Å². The van der Waals surface area contributed by atoms with Gasteiger partial charge in [0.1, 0.15) is 16.2 Å². The van der Waals surface area contributed by atoms with E-state index in [1.165, 1.54) is 29.2 Å². The Kier molecular flexibility index (Phi) is 4.37. The molecule has 1 aromatic carbocycles. The Morgan fingerprint density at radius 1 is 1.26 bits per heavy atom. The smallest absolute Gasteiger partial charge is 0.128 e. The highest BCUT2D eigenvalue weighted by molar-refractivity contribution is 8.00. The second kappa shape index (κ2) is 6.29. The topological polar surface area (TPSA) is 65.9 Å². The van der Waals surface area contributed by atoms with Crippen LogP contribution in [0.2, 0.25) is 0 Å². The number of rotatable bonds is 4. The van der Waals surface area contributed by atoms with Crippen molar-refractivity contribution in [1.29, 1.82) is 0 Å². The lowest BCUT2D eigenvalue weighted by Crippen LogP contribution is -2.31. The number of aliphatic carboxylic acids is 1. The molecule has 1 atom stereocenters. The fraction of sp³-hybridized carbons (Fsp3) is 0.235. The molecule has 3 aromatic rings. The minimum atomic E-state index is -1.09. The molecule has 3 rings (SSSR count). The summed E-state index contributed by atoms with van der Waals surface area (Å²) in [6, 6.07) is 6.31. The predicted octanol–water partition coefficient (Wildman–Crippen LogP) is 3.21. The van der Waals surface area contributed by atoms with Gasteiger partial charge in [0.25, 0.3) is 0 Å². The van der Waals surface area contributed by atoms with E-state index in [0.29, 0.717) is 5.03 Å². The second-order valence-electron chi connectivity index (χ2n) is 5.39. The van der Waals surface area contributed by atoms with Gasteiger partial charge in [-0.15, -0.1) is 11.3 Å². The molecule has 0 aliphatic carbocycles. The first-order valence-electron chi connectivity index (χ1n) is 7.14. The largest absolute Gasteiger partial charge is 0.549 e. The maximum Gasteiger partial charge on any atom is 0.128 e. The van der Waals surface area contributed by atoms with Crippen molar-refractivity contribution in [3.63, 3.8) is 0 Å². The van der Waals surface area contributed by atoms with Gasteiger partial charge in [0.2, 0.25) is 0 Å². The summed E-state index contributed by atoms with van der Waals surface area (Å²) in [5.74, 6) is -1.09. The van der Waals surface area contributed by atoms with Crippen molar-refractivity contribution in [2.24, 2.45) is 0 Å². The summed E-state index contributed by atoms with van der Waals surface area (Å²) in [7, 11) is 0. The summed E-state index contributed by atoms with van der Waals surface area (Å²) >= 11 is 2.74. The Morgan fingerprint density at radius 2 is 2.04 bits per heavy atom. The highest BCUT2D eigenvalue weighted by Gasteiger charge is 2.16. The van der Waals surface area contributed by atoms with E-state index in [9.17, 15) is 9.90 Å². The molecule has 0 aliphatic heterocycles. The zero-order chi connectivity index (χ0) is 16.6. The Balaban J connectivity index is 2.14. The number of carbonyl (C=O) groups excluding carboxylic acids is 1. The third-order valence-electron chi connectivity index (χ3n) is 3.77. The van der Waals surface area contributed by atoms with Gasteiger partial charge >= 0.3 is 0 Å². The number of aromatic nitrogens is 2. The van der Waals surface area contributed by atoms with Crippen LogP contribution in [0.15, 0.2) is 34.9 Å². The highest BCUT2D eigenvalue weighted by Crippen LogP contribution is 2.39. The van der Waals surface area contributed by atoms with Gasteiger partial charge in [-0.3, -0.25) is 0 Å². The summed E-state index contributed by atoms with van der Waals surface area (Å²) in [6.45, 7) is 5.77. The minimum absolute atomic E-state index is 0.666. The molecule has 0 unspecified atom stereocenters. The van der Waals surface area contributed by atoms with Crippen molar-refractivity contribution in [2.75, 3.05) is 0 Å². The van der Waals surface area contributed by atoms with Crippen LogP contribution in [0.3, 0.4) is 0 Å². The number of aryl methyl sites for hydroxylation is 2. The molecule has 4 nitrogen and oxygen atoms in total. The van der Waals surface area contributed by atoms with Crippen molar-refractivity contribution >= 4 is 39.3 Å². The number of hydrogen-bond acceptors (Lipinski definition) is 6. The molecule has 2 aromatic heterocycles. The van der Waals surface area contributed by atoms with Gasteiger partial charge in [0.05, 0.1) is 11.4 Å². The van der Waals surface area contributed by atoms with Crippen molar-refractivity contribution in [3.05, 3.63) is 41.0 Å². The van der Waals surface area contributed by atoms with Crippen LogP contribution >= 0.6 is 23.1 Å². The summed E-state index contributed by atoms with van der Waals surface area (Å²) in [5.41, 5.74) is 4.60. The number of fused-ring (bicyclic) bond motifs is 1. The lowest BCUT2D eigenvalue weighted by Gasteiger charge is -2.12. The van der Waals surface area contributed by atoms with Gasteiger partial charge in [0.15, 0.2) is 0 Å². The molecule has 0 spiro atoms. The maximum absolute atomic E-state index is 11.0. The van der Waals surface area contributed by atoms with Crippen molar-refractivity contribution < 1.29 is 9.90 Å². The van der Waals surface area contributed by atoms with Crippen LogP contribution in [-0.4, -0.2) is 21.2 Å². The molecule has 0 radical (unpaired) electrons. The van der Waals surface area contributed by atoms with Crippen molar-refractivity contribution in [1.82, 2.24) is 9.97 Å². The molecule has 0 bridgehead atoms. The van der Waals surface area contributed by atoms with E-state index in [0.717, 1.165) is 21.3 Å².